The lowest BCUT2D eigenvalue weighted by atomic mass is 10.1. The molecule has 0 spiro atoms. The highest BCUT2D eigenvalue weighted by atomic mass is 127. The number of benzene rings is 3. The summed E-state index contributed by atoms with van der Waals surface area (Å²) in [5.41, 5.74) is 7.44. The third-order valence-corrected chi connectivity index (χ3v) is 4.58. The Morgan fingerprint density at radius 3 is 2.50 bits per heavy atom. The topological polar surface area (TPSA) is 59.1 Å². The smallest absolute Gasteiger partial charge is 0.133 e. The highest BCUT2D eigenvalue weighted by Crippen LogP contribution is 2.30. The van der Waals surface area contributed by atoms with Gasteiger partial charge in [-0.1, -0.05) is 48.5 Å². The molecule has 3 nitrogen and oxygen atoms in total. The lowest BCUT2D eigenvalue weighted by Crippen LogP contribution is -2.10. The first kappa shape index (κ1) is 14.8. The molecule has 0 saturated carbocycles. The maximum absolute atomic E-state index is 7.57. The Hall–Kier alpha value is -2.08. The van der Waals surface area contributed by atoms with Gasteiger partial charge in [-0.2, -0.15) is 0 Å². The van der Waals surface area contributed by atoms with Crippen molar-refractivity contribution in [3.05, 3.63) is 75.4 Å². The van der Waals surface area contributed by atoms with Gasteiger partial charge in [0.25, 0.3) is 0 Å². The molecule has 0 fully saturated rings. The van der Waals surface area contributed by atoms with Crippen LogP contribution in [0, 0.1) is 8.98 Å². The second kappa shape index (κ2) is 6.36. The van der Waals surface area contributed by atoms with Crippen LogP contribution < -0.4 is 10.5 Å². The van der Waals surface area contributed by atoms with Crippen LogP contribution in [0.15, 0.2) is 60.7 Å². The Kier molecular flexibility index (Phi) is 4.29. The third kappa shape index (κ3) is 3.06. The minimum atomic E-state index is 0.0771. The molecule has 0 saturated heterocycles. The van der Waals surface area contributed by atoms with Crippen molar-refractivity contribution < 1.29 is 4.74 Å². The Labute approximate surface area is 142 Å². The number of nitrogen functional groups attached to an aromatic ring is 1. The van der Waals surface area contributed by atoms with Crippen molar-refractivity contribution in [2.24, 2.45) is 5.73 Å². The second-order valence-electron chi connectivity index (χ2n) is 5.00. The van der Waals surface area contributed by atoms with Crippen LogP contribution in [-0.2, 0) is 6.61 Å². The number of halogens is 1. The van der Waals surface area contributed by atoms with Gasteiger partial charge in [0.2, 0.25) is 0 Å². The number of ether oxygens (including phenoxy) is 1. The number of hydrogen-bond acceptors (Lipinski definition) is 2. The van der Waals surface area contributed by atoms with E-state index in [9.17, 15) is 0 Å². The molecule has 3 N–H and O–H groups in total. The lowest BCUT2D eigenvalue weighted by molar-refractivity contribution is 0.304. The predicted molar refractivity (Wildman–Crippen MR) is 98.5 cm³/mol. The van der Waals surface area contributed by atoms with Gasteiger partial charge in [-0.15, -0.1) is 0 Å². The van der Waals surface area contributed by atoms with Crippen LogP contribution >= 0.6 is 22.6 Å². The van der Waals surface area contributed by atoms with Gasteiger partial charge in [-0.05, 0) is 51.1 Å². The summed E-state index contributed by atoms with van der Waals surface area (Å²) in [7, 11) is 0. The standard InChI is InChI=1S/C18H15IN2O/c19-17-15-10-14(18(20)21)7-6-13(15)8-9-16(17)22-11-12-4-2-1-3-5-12/h1-10H,11H2,(H3,20,21). The molecule has 0 unspecified atom stereocenters. The number of amidine groups is 1. The van der Waals surface area contributed by atoms with Crippen LogP contribution in [0.2, 0.25) is 0 Å². The molecule has 0 radical (unpaired) electrons. The number of hydrogen-bond donors (Lipinski definition) is 2. The molecule has 0 amide bonds. The molecule has 0 atom stereocenters. The van der Waals surface area contributed by atoms with Crippen LogP contribution in [0.4, 0.5) is 0 Å². The normalized spacial score (nSPS) is 10.6. The van der Waals surface area contributed by atoms with Gasteiger partial charge in [0, 0.05) is 5.56 Å². The van der Waals surface area contributed by atoms with E-state index in [0.29, 0.717) is 6.61 Å². The van der Waals surface area contributed by atoms with Crippen molar-refractivity contribution in [2.75, 3.05) is 0 Å². The Balaban J connectivity index is 1.93. The SMILES string of the molecule is N=C(N)c1ccc2ccc(OCc3ccccc3)c(I)c2c1. The minimum absolute atomic E-state index is 0.0771. The van der Waals surface area contributed by atoms with E-state index in [-0.39, 0.29) is 5.84 Å². The molecule has 0 heterocycles. The number of nitrogens with one attached hydrogen (secondary N) is 1. The summed E-state index contributed by atoms with van der Waals surface area (Å²) in [6, 6.07) is 19.9. The highest BCUT2D eigenvalue weighted by Gasteiger charge is 2.08. The van der Waals surface area contributed by atoms with E-state index < -0.39 is 0 Å². The van der Waals surface area contributed by atoms with Crippen LogP contribution in [0.5, 0.6) is 5.75 Å². The van der Waals surface area contributed by atoms with Gasteiger partial charge in [0.15, 0.2) is 0 Å². The monoisotopic (exact) mass is 402 g/mol. The average molecular weight is 402 g/mol. The minimum Gasteiger partial charge on any atom is -0.488 e. The third-order valence-electron chi connectivity index (χ3n) is 3.47. The molecule has 4 heteroatoms. The van der Waals surface area contributed by atoms with Crippen LogP contribution in [-0.4, -0.2) is 5.84 Å². The fourth-order valence-electron chi connectivity index (χ4n) is 2.28. The summed E-state index contributed by atoms with van der Waals surface area (Å²) in [4.78, 5) is 0. The maximum Gasteiger partial charge on any atom is 0.133 e. The van der Waals surface area contributed by atoms with Crippen molar-refractivity contribution in [3.8, 4) is 5.75 Å². The van der Waals surface area contributed by atoms with Gasteiger partial charge in [0.1, 0.15) is 18.2 Å². The van der Waals surface area contributed by atoms with Crippen molar-refractivity contribution >= 4 is 39.2 Å². The van der Waals surface area contributed by atoms with E-state index in [0.717, 1.165) is 31.2 Å². The molecule has 3 rings (SSSR count). The second-order valence-corrected chi connectivity index (χ2v) is 6.08. The molecule has 22 heavy (non-hydrogen) atoms. The molecule has 0 aliphatic carbocycles. The van der Waals surface area contributed by atoms with Gasteiger partial charge in [0.05, 0.1) is 3.57 Å². The van der Waals surface area contributed by atoms with Crippen LogP contribution in [0.3, 0.4) is 0 Å². The van der Waals surface area contributed by atoms with Gasteiger partial charge >= 0.3 is 0 Å². The largest absolute Gasteiger partial charge is 0.488 e. The molecule has 0 bridgehead atoms. The maximum atomic E-state index is 7.57. The molecule has 0 aliphatic rings. The van der Waals surface area contributed by atoms with E-state index in [4.69, 9.17) is 15.9 Å². The molecule has 0 aliphatic heterocycles. The van der Waals surface area contributed by atoms with E-state index in [2.05, 4.69) is 22.6 Å². The quantitative estimate of drug-likeness (QED) is 0.388. The van der Waals surface area contributed by atoms with Crippen molar-refractivity contribution in [1.82, 2.24) is 0 Å². The first-order chi connectivity index (χ1) is 10.6. The van der Waals surface area contributed by atoms with Gasteiger partial charge in [-0.3, -0.25) is 5.41 Å². The summed E-state index contributed by atoms with van der Waals surface area (Å²) in [6.45, 7) is 0.536. The predicted octanol–water partition coefficient (Wildman–Crippen LogP) is 4.31. The highest BCUT2D eigenvalue weighted by molar-refractivity contribution is 14.1. The summed E-state index contributed by atoms with van der Waals surface area (Å²) in [6.07, 6.45) is 0. The van der Waals surface area contributed by atoms with Crippen LogP contribution in [0.25, 0.3) is 10.8 Å². The molecule has 3 aromatic carbocycles. The van der Waals surface area contributed by atoms with E-state index in [1.165, 1.54) is 0 Å². The van der Waals surface area contributed by atoms with Crippen LogP contribution in [0.1, 0.15) is 11.1 Å². The Bertz CT molecular complexity index is 831. The fraction of sp³-hybridized carbons (Fsp3) is 0.0556. The van der Waals surface area contributed by atoms with Crippen molar-refractivity contribution in [2.45, 2.75) is 6.61 Å². The Morgan fingerprint density at radius 1 is 1.05 bits per heavy atom. The summed E-state index contributed by atoms with van der Waals surface area (Å²) in [5.74, 6) is 0.922. The number of fused-ring (bicyclic) bond motifs is 1. The lowest BCUT2D eigenvalue weighted by Gasteiger charge is -2.11. The number of nitrogens with two attached hydrogens (primary N) is 1. The molecule has 3 aromatic rings. The molecule has 0 aromatic heterocycles. The zero-order valence-electron chi connectivity index (χ0n) is 11.8. The van der Waals surface area contributed by atoms with E-state index in [1.807, 2.05) is 60.7 Å². The molecular weight excluding hydrogens is 387 g/mol. The van der Waals surface area contributed by atoms with E-state index in [1.54, 1.807) is 0 Å². The Morgan fingerprint density at radius 2 is 1.77 bits per heavy atom. The summed E-state index contributed by atoms with van der Waals surface area (Å²) >= 11 is 2.29. The van der Waals surface area contributed by atoms with Crippen molar-refractivity contribution in [3.63, 3.8) is 0 Å². The fourth-order valence-corrected chi connectivity index (χ4v) is 3.08. The molecule has 110 valence electrons. The first-order valence-electron chi connectivity index (χ1n) is 6.88. The zero-order chi connectivity index (χ0) is 15.5. The summed E-state index contributed by atoms with van der Waals surface area (Å²) < 4.78 is 6.98. The molecular formula is C18H15IN2O. The number of rotatable bonds is 4. The van der Waals surface area contributed by atoms with E-state index >= 15 is 0 Å². The van der Waals surface area contributed by atoms with Crippen molar-refractivity contribution in [1.29, 1.82) is 5.41 Å². The average Bonchev–Trinajstić information content (AvgIpc) is 2.55. The zero-order valence-corrected chi connectivity index (χ0v) is 14.0. The van der Waals surface area contributed by atoms with Gasteiger partial charge in [-0.25, -0.2) is 0 Å². The van der Waals surface area contributed by atoms with Gasteiger partial charge < -0.3 is 10.5 Å². The summed E-state index contributed by atoms with van der Waals surface area (Å²) in [5, 5.41) is 9.74. The first-order valence-corrected chi connectivity index (χ1v) is 7.96.